The minimum absolute atomic E-state index is 1.21. The molecule has 0 aliphatic rings. The topological polar surface area (TPSA) is 19.7 Å². The van der Waals surface area contributed by atoms with E-state index in [9.17, 15) is 0 Å². The van der Waals surface area contributed by atoms with Crippen molar-refractivity contribution in [2.45, 2.75) is 123 Å². The summed E-state index contributed by atoms with van der Waals surface area (Å²) in [6.07, 6.45) is 25.7. The molecule has 0 amide bonds. The van der Waals surface area contributed by atoms with Crippen molar-refractivity contribution in [2.24, 2.45) is 7.05 Å². The molecule has 1 aromatic rings. The number of aromatic nitrogens is 2. The lowest BCUT2D eigenvalue weighted by Crippen LogP contribution is -2.35. The number of imidazole rings is 1. The van der Waals surface area contributed by atoms with Gasteiger partial charge in [-0.1, -0.05) is 97.3 Å². The highest BCUT2D eigenvalue weighted by atomic mass is 15.1. The zero-order valence-corrected chi connectivity index (χ0v) is 17.5. The molecular weight excluding hydrogens is 304 g/mol. The van der Waals surface area contributed by atoms with Crippen LogP contribution in [0.15, 0.2) is 6.20 Å². The predicted molar refractivity (Wildman–Crippen MR) is 110 cm³/mol. The van der Waals surface area contributed by atoms with Crippen LogP contribution in [0.1, 0.15) is 122 Å². The lowest BCUT2D eigenvalue weighted by molar-refractivity contribution is -0.685. The van der Waals surface area contributed by atoms with Gasteiger partial charge in [-0.05, 0) is 12.8 Å². The molecule has 2 heteroatoms. The Balaban J connectivity index is 2.03. The van der Waals surface area contributed by atoms with E-state index >= 15 is 0 Å². The molecule has 0 aromatic carbocycles. The van der Waals surface area contributed by atoms with Gasteiger partial charge in [0.1, 0.15) is 11.9 Å². The first kappa shape index (κ1) is 22.3. The number of nitrogens with zero attached hydrogens (tertiary/aromatic N) is 1. The maximum absolute atomic E-state index is 3.52. The molecule has 25 heavy (non-hydrogen) atoms. The van der Waals surface area contributed by atoms with Crippen molar-refractivity contribution in [2.75, 3.05) is 0 Å². The number of H-pyrrole nitrogens is 1. The Hall–Kier alpha value is -0.790. The Morgan fingerprint density at radius 3 is 1.60 bits per heavy atom. The standard InChI is InChI=1S/C23H44N2/c1-4-6-8-10-11-12-13-14-16-18-20-23-24-21-22(25(23)3)19-17-15-9-7-5-2/h21H,4-20H2,1-3H3/p+1. The Morgan fingerprint density at radius 2 is 1.08 bits per heavy atom. The molecule has 0 bridgehead atoms. The molecule has 0 radical (unpaired) electrons. The van der Waals surface area contributed by atoms with Crippen LogP contribution >= 0.6 is 0 Å². The molecule has 0 unspecified atom stereocenters. The van der Waals surface area contributed by atoms with Crippen LogP contribution in [-0.4, -0.2) is 4.98 Å². The van der Waals surface area contributed by atoms with Gasteiger partial charge in [-0.15, -0.1) is 0 Å². The van der Waals surface area contributed by atoms with E-state index in [1.165, 1.54) is 121 Å². The number of nitrogens with one attached hydrogen (secondary N) is 1. The van der Waals surface area contributed by atoms with Crippen LogP contribution in [0, 0.1) is 0 Å². The van der Waals surface area contributed by atoms with Gasteiger partial charge in [0.2, 0.25) is 0 Å². The zero-order chi connectivity index (χ0) is 18.2. The van der Waals surface area contributed by atoms with E-state index in [4.69, 9.17) is 0 Å². The van der Waals surface area contributed by atoms with Gasteiger partial charge >= 0.3 is 0 Å². The molecule has 1 aromatic heterocycles. The van der Waals surface area contributed by atoms with Crippen molar-refractivity contribution in [3.63, 3.8) is 0 Å². The van der Waals surface area contributed by atoms with Gasteiger partial charge in [0, 0.05) is 12.8 Å². The summed E-state index contributed by atoms with van der Waals surface area (Å²) in [6, 6.07) is 0. The van der Waals surface area contributed by atoms with Crippen LogP contribution < -0.4 is 4.57 Å². The lowest BCUT2D eigenvalue weighted by atomic mass is 10.1. The van der Waals surface area contributed by atoms with Gasteiger partial charge in [0.05, 0.1) is 7.05 Å². The Morgan fingerprint density at radius 1 is 0.640 bits per heavy atom. The Bertz CT molecular complexity index is 408. The maximum Gasteiger partial charge on any atom is 0.254 e. The number of hydrogen-bond acceptors (Lipinski definition) is 0. The smallest absolute Gasteiger partial charge is 0.247 e. The molecule has 1 rings (SSSR count). The normalized spacial score (nSPS) is 11.3. The minimum Gasteiger partial charge on any atom is -0.247 e. The van der Waals surface area contributed by atoms with Crippen molar-refractivity contribution in [1.29, 1.82) is 0 Å². The summed E-state index contributed by atoms with van der Waals surface area (Å²) in [5.74, 6) is 1.42. The van der Waals surface area contributed by atoms with Crippen molar-refractivity contribution in [3.05, 3.63) is 17.7 Å². The summed E-state index contributed by atoms with van der Waals surface area (Å²) < 4.78 is 2.41. The predicted octanol–water partition coefficient (Wildman–Crippen LogP) is 6.82. The van der Waals surface area contributed by atoms with Gasteiger partial charge in [-0.2, -0.15) is 0 Å². The molecule has 0 aliphatic carbocycles. The minimum atomic E-state index is 1.21. The molecule has 0 fully saturated rings. The first-order valence-corrected chi connectivity index (χ1v) is 11.3. The third-order valence-electron chi connectivity index (χ3n) is 5.54. The second-order valence-electron chi connectivity index (χ2n) is 7.88. The number of unbranched alkanes of at least 4 members (excludes halogenated alkanes) is 13. The number of aryl methyl sites for hydroxylation is 2. The molecule has 0 spiro atoms. The number of rotatable bonds is 17. The van der Waals surface area contributed by atoms with Crippen molar-refractivity contribution < 1.29 is 4.57 Å². The van der Waals surface area contributed by atoms with E-state index in [-0.39, 0.29) is 0 Å². The summed E-state index contributed by atoms with van der Waals surface area (Å²) in [7, 11) is 2.24. The monoisotopic (exact) mass is 349 g/mol. The van der Waals surface area contributed by atoms with E-state index in [0.717, 1.165) is 0 Å². The summed E-state index contributed by atoms with van der Waals surface area (Å²) in [5.41, 5.74) is 1.48. The summed E-state index contributed by atoms with van der Waals surface area (Å²) in [5, 5.41) is 0. The third kappa shape index (κ3) is 10.7. The van der Waals surface area contributed by atoms with Crippen LogP contribution in [-0.2, 0) is 19.9 Å². The first-order chi connectivity index (χ1) is 12.3. The molecular formula is C23H45N2+. The van der Waals surface area contributed by atoms with Crippen molar-refractivity contribution >= 4 is 0 Å². The molecule has 0 aliphatic heterocycles. The van der Waals surface area contributed by atoms with Gasteiger partial charge < -0.3 is 0 Å². The Labute approximate surface area is 157 Å². The average Bonchev–Trinajstić information content (AvgIpc) is 2.96. The van der Waals surface area contributed by atoms with Gasteiger partial charge in [0.25, 0.3) is 5.82 Å². The van der Waals surface area contributed by atoms with E-state index in [1.807, 2.05) is 0 Å². The quantitative estimate of drug-likeness (QED) is 0.235. The van der Waals surface area contributed by atoms with E-state index in [1.54, 1.807) is 0 Å². The van der Waals surface area contributed by atoms with E-state index in [0.29, 0.717) is 0 Å². The molecule has 1 N–H and O–H groups in total. The fourth-order valence-corrected chi connectivity index (χ4v) is 3.70. The second kappa shape index (κ2) is 15.5. The highest BCUT2D eigenvalue weighted by molar-refractivity contribution is 4.91. The largest absolute Gasteiger partial charge is 0.254 e. The maximum atomic E-state index is 3.52. The molecule has 0 saturated carbocycles. The molecule has 1 heterocycles. The summed E-state index contributed by atoms with van der Waals surface area (Å²) in [4.78, 5) is 3.52. The van der Waals surface area contributed by atoms with Gasteiger partial charge in [0.15, 0.2) is 0 Å². The highest BCUT2D eigenvalue weighted by Gasteiger charge is 2.13. The van der Waals surface area contributed by atoms with Crippen LogP contribution in [0.25, 0.3) is 0 Å². The van der Waals surface area contributed by atoms with Crippen LogP contribution in [0.4, 0.5) is 0 Å². The number of aromatic amines is 1. The van der Waals surface area contributed by atoms with Crippen molar-refractivity contribution in [1.82, 2.24) is 4.98 Å². The SMILES string of the molecule is CCCCCCCCCCCCc1[nH]cc(CCCCCCC)[n+]1C. The molecule has 2 nitrogen and oxygen atoms in total. The second-order valence-corrected chi connectivity index (χ2v) is 7.88. The van der Waals surface area contributed by atoms with Gasteiger partial charge in [-0.3, -0.25) is 0 Å². The average molecular weight is 350 g/mol. The molecule has 0 saturated heterocycles. The van der Waals surface area contributed by atoms with Gasteiger partial charge in [-0.25, -0.2) is 9.55 Å². The fraction of sp³-hybridized carbons (Fsp3) is 0.870. The molecule has 146 valence electrons. The van der Waals surface area contributed by atoms with Crippen molar-refractivity contribution in [3.8, 4) is 0 Å². The van der Waals surface area contributed by atoms with Crippen LogP contribution in [0.2, 0.25) is 0 Å². The van der Waals surface area contributed by atoms with E-state index < -0.39 is 0 Å². The van der Waals surface area contributed by atoms with Crippen LogP contribution in [0.5, 0.6) is 0 Å². The number of hydrogen-bond donors (Lipinski definition) is 1. The fourth-order valence-electron chi connectivity index (χ4n) is 3.70. The zero-order valence-electron chi connectivity index (χ0n) is 17.5. The lowest BCUT2D eigenvalue weighted by Gasteiger charge is -2.02. The van der Waals surface area contributed by atoms with E-state index in [2.05, 4.69) is 36.6 Å². The third-order valence-corrected chi connectivity index (χ3v) is 5.54. The Kier molecular flexibility index (Phi) is 13.8. The summed E-state index contributed by atoms with van der Waals surface area (Å²) in [6.45, 7) is 4.58. The first-order valence-electron chi connectivity index (χ1n) is 11.3. The molecule has 0 atom stereocenters. The summed E-state index contributed by atoms with van der Waals surface area (Å²) >= 11 is 0. The van der Waals surface area contributed by atoms with Crippen LogP contribution in [0.3, 0.4) is 0 Å². The highest BCUT2D eigenvalue weighted by Crippen LogP contribution is 2.12.